The molecular formula is C9H6F3N3OS2. The lowest BCUT2D eigenvalue weighted by Crippen LogP contribution is -2.04. The average molecular weight is 293 g/mol. The van der Waals surface area contributed by atoms with Crippen LogP contribution in [0.15, 0.2) is 26.9 Å². The number of nitrogens with zero attached hydrogens (tertiary/aromatic N) is 2. The van der Waals surface area contributed by atoms with Crippen molar-refractivity contribution in [1.29, 1.82) is 0 Å². The van der Waals surface area contributed by atoms with Crippen LogP contribution in [-0.2, 0) is 0 Å². The molecule has 2 N–H and O–H groups in total. The predicted molar refractivity (Wildman–Crippen MR) is 61.5 cm³/mol. The van der Waals surface area contributed by atoms with Crippen molar-refractivity contribution in [2.24, 2.45) is 0 Å². The van der Waals surface area contributed by atoms with Gasteiger partial charge < -0.3 is 10.5 Å². The molecular weight excluding hydrogens is 287 g/mol. The van der Waals surface area contributed by atoms with E-state index in [4.69, 9.17) is 5.73 Å². The van der Waals surface area contributed by atoms with Gasteiger partial charge in [-0.05, 0) is 6.07 Å². The van der Waals surface area contributed by atoms with E-state index in [1.807, 2.05) is 0 Å². The molecule has 0 atom stereocenters. The van der Waals surface area contributed by atoms with Gasteiger partial charge in [-0.15, -0.1) is 10.2 Å². The highest BCUT2D eigenvalue weighted by atomic mass is 32.2. The van der Waals surface area contributed by atoms with Gasteiger partial charge in [-0.1, -0.05) is 23.1 Å². The number of benzene rings is 1. The number of aromatic nitrogens is 2. The Kier molecular flexibility index (Phi) is 3.92. The number of halogens is 3. The maximum absolute atomic E-state index is 13.3. The fourth-order valence-electron chi connectivity index (χ4n) is 1.13. The second-order valence-electron chi connectivity index (χ2n) is 3.01. The fourth-order valence-corrected chi connectivity index (χ4v) is 2.61. The summed E-state index contributed by atoms with van der Waals surface area (Å²) >= 11 is 2.35. The third kappa shape index (κ3) is 3.05. The van der Waals surface area contributed by atoms with Gasteiger partial charge in [-0.2, -0.15) is 8.78 Å². The zero-order valence-electron chi connectivity index (χ0n) is 8.64. The number of ether oxygens (including phenoxy) is 1. The molecule has 0 unspecified atom stereocenters. The molecule has 9 heteroatoms. The normalized spacial score (nSPS) is 10.9. The van der Waals surface area contributed by atoms with E-state index in [0.29, 0.717) is 9.24 Å². The number of alkyl halides is 2. The summed E-state index contributed by atoms with van der Waals surface area (Å²) in [4.78, 5) is 0.379. The van der Waals surface area contributed by atoms with Crippen LogP contribution >= 0.6 is 23.1 Å². The molecule has 0 aliphatic heterocycles. The van der Waals surface area contributed by atoms with Crippen LogP contribution in [0, 0.1) is 5.82 Å². The van der Waals surface area contributed by atoms with Crippen molar-refractivity contribution in [2.75, 3.05) is 5.73 Å². The first-order valence-corrected chi connectivity index (χ1v) is 6.23. The summed E-state index contributed by atoms with van der Waals surface area (Å²) in [5.41, 5.74) is 7.22. The molecule has 2 rings (SSSR count). The molecule has 96 valence electrons. The summed E-state index contributed by atoms with van der Waals surface area (Å²) in [5, 5.41) is 7.38. The number of rotatable bonds is 4. The number of nitrogen functional groups attached to an aromatic ring is 1. The summed E-state index contributed by atoms with van der Waals surface area (Å²) in [5.74, 6) is -1.49. The van der Waals surface area contributed by atoms with Crippen molar-refractivity contribution in [2.45, 2.75) is 15.8 Å². The molecule has 0 aliphatic carbocycles. The Bertz CT molecular complexity index is 536. The van der Waals surface area contributed by atoms with Crippen molar-refractivity contribution in [1.82, 2.24) is 10.2 Å². The summed E-state index contributed by atoms with van der Waals surface area (Å²) in [7, 11) is 0. The van der Waals surface area contributed by atoms with Crippen molar-refractivity contribution >= 4 is 28.8 Å². The van der Waals surface area contributed by atoms with E-state index in [1.54, 1.807) is 0 Å². The molecule has 18 heavy (non-hydrogen) atoms. The number of hydrogen-bond donors (Lipinski definition) is 1. The average Bonchev–Trinajstić information content (AvgIpc) is 2.77. The first-order valence-electron chi connectivity index (χ1n) is 4.54. The third-order valence-electron chi connectivity index (χ3n) is 1.82. The number of anilines is 1. The summed E-state index contributed by atoms with van der Waals surface area (Å²) in [6, 6.07) is 2.05. The van der Waals surface area contributed by atoms with Crippen LogP contribution in [0.1, 0.15) is 0 Å². The van der Waals surface area contributed by atoms with Crippen LogP contribution < -0.4 is 10.5 Å². The van der Waals surface area contributed by atoms with Gasteiger partial charge in [0.25, 0.3) is 0 Å². The Labute approximate surface area is 108 Å². The molecule has 0 fully saturated rings. The van der Waals surface area contributed by atoms with E-state index in [0.717, 1.165) is 23.9 Å². The first kappa shape index (κ1) is 13.0. The SMILES string of the molecule is Nc1cc(F)c(OC(F)F)cc1Sc1nncs1. The van der Waals surface area contributed by atoms with Gasteiger partial charge in [0.15, 0.2) is 15.9 Å². The topological polar surface area (TPSA) is 61.0 Å². The van der Waals surface area contributed by atoms with Crippen LogP contribution in [0.5, 0.6) is 5.75 Å². The molecule has 1 aromatic carbocycles. The summed E-state index contributed by atoms with van der Waals surface area (Å²) in [6.45, 7) is -3.09. The van der Waals surface area contributed by atoms with Crippen molar-refractivity contribution in [3.05, 3.63) is 23.5 Å². The third-order valence-corrected chi connectivity index (χ3v) is 3.67. The molecule has 0 saturated heterocycles. The van der Waals surface area contributed by atoms with Gasteiger partial charge in [0, 0.05) is 16.6 Å². The van der Waals surface area contributed by atoms with Gasteiger partial charge in [-0.25, -0.2) is 4.39 Å². The van der Waals surface area contributed by atoms with Crippen molar-refractivity contribution < 1.29 is 17.9 Å². The van der Waals surface area contributed by atoms with Gasteiger partial charge in [0.05, 0.1) is 0 Å². The highest BCUT2D eigenvalue weighted by molar-refractivity contribution is 8.01. The van der Waals surface area contributed by atoms with Crippen LogP contribution in [0.3, 0.4) is 0 Å². The predicted octanol–water partition coefficient (Wildman–Crippen LogP) is 3.01. The lowest BCUT2D eigenvalue weighted by atomic mass is 10.3. The number of hydrogen-bond acceptors (Lipinski definition) is 6. The van der Waals surface area contributed by atoms with E-state index < -0.39 is 18.2 Å². The maximum Gasteiger partial charge on any atom is 0.387 e. The van der Waals surface area contributed by atoms with Crippen molar-refractivity contribution in [3.8, 4) is 5.75 Å². The standard InChI is InChI=1S/C9H6F3N3OS2/c10-4-1-5(13)7(2-6(4)16-8(11)12)18-9-15-14-3-17-9/h1-3,8H,13H2. The van der Waals surface area contributed by atoms with E-state index in [1.165, 1.54) is 16.8 Å². The number of nitrogens with two attached hydrogens (primary N) is 1. The molecule has 0 saturated carbocycles. The lowest BCUT2D eigenvalue weighted by Gasteiger charge is -2.09. The zero-order chi connectivity index (χ0) is 13.1. The molecule has 2 aromatic rings. The Hall–Kier alpha value is -1.48. The van der Waals surface area contributed by atoms with Crippen LogP contribution in [0.4, 0.5) is 18.9 Å². The van der Waals surface area contributed by atoms with Gasteiger partial charge in [0.1, 0.15) is 5.51 Å². The first-order chi connectivity index (χ1) is 8.56. The lowest BCUT2D eigenvalue weighted by molar-refractivity contribution is -0.0523. The Morgan fingerprint density at radius 1 is 1.39 bits per heavy atom. The molecule has 0 radical (unpaired) electrons. The maximum atomic E-state index is 13.3. The largest absolute Gasteiger partial charge is 0.432 e. The molecule has 1 heterocycles. The Balaban J connectivity index is 2.29. The van der Waals surface area contributed by atoms with Crippen LogP contribution in [0.25, 0.3) is 0 Å². The van der Waals surface area contributed by atoms with E-state index in [2.05, 4.69) is 14.9 Å². The summed E-state index contributed by atoms with van der Waals surface area (Å²) < 4.78 is 42.0. The summed E-state index contributed by atoms with van der Waals surface area (Å²) in [6.07, 6.45) is 0. The van der Waals surface area contributed by atoms with E-state index in [9.17, 15) is 13.2 Å². The second-order valence-corrected chi connectivity index (χ2v) is 5.13. The van der Waals surface area contributed by atoms with E-state index >= 15 is 0 Å². The highest BCUT2D eigenvalue weighted by Crippen LogP contribution is 2.36. The monoisotopic (exact) mass is 293 g/mol. The van der Waals surface area contributed by atoms with Crippen LogP contribution in [0.2, 0.25) is 0 Å². The van der Waals surface area contributed by atoms with E-state index in [-0.39, 0.29) is 5.69 Å². The minimum atomic E-state index is -3.09. The molecule has 0 bridgehead atoms. The van der Waals surface area contributed by atoms with Gasteiger partial charge in [-0.3, -0.25) is 0 Å². The highest BCUT2D eigenvalue weighted by Gasteiger charge is 2.14. The molecule has 0 aliphatic rings. The molecule has 0 spiro atoms. The van der Waals surface area contributed by atoms with Gasteiger partial charge in [0.2, 0.25) is 0 Å². The van der Waals surface area contributed by atoms with Crippen molar-refractivity contribution in [3.63, 3.8) is 0 Å². The minimum Gasteiger partial charge on any atom is -0.432 e. The minimum absolute atomic E-state index is 0.120. The molecule has 4 nitrogen and oxygen atoms in total. The van der Waals surface area contributed by atoms with Crippen LogP contribution in [-0.4, -0.2) is 16.8 Å². The Morgan fingerprint density at radius 3 is 2.78 bits per heavy atom. The molecule has 1 aromatic heterocycles. The molecule has 0 amide bonds. The smallest absolute Gasteiger partial charge is 0.387 e. The quantitative estimate of drug-likeness (QED) is 0.878. The second kappa shape index (κ2) is 5.44. The zero-order valence-corrected chi connectivity index (χ0v) is 10.3. The Morgan fingerprint density at radius 2 is 2.17 bits per heavy atom. The van der Waals surface area contributed by atoms with Gasteiger partial charge >= 0.3 is 6.61 Å². The fraction of sp³-hybridized carbons (Fsp3) is 0.111.